The number of methoxy groups -OCH3 is 1. The van der Waals surface area contributed by atoms with E-state index in [-0.39, 0.29) is 12.4 Å². The monoisotopic (exact) mass is 458 g/mol. The molecule has 1 aliphatic heterocycles. The van der Waals surface area contributed by atoms with Crippen LogP contribution >= 0.6 is 0 Å². The van der Waals surface area contributed by atoms with Gasteiger partial charge in [-0.1, -0.05) is 26.2 Å². The maximum atomic E-state index is 11.9. The fourth-order valence-corrected chi connectivity index (χ4v) is 3.35. The molecule has 1 aliphatic rings. The molecule has 0 aliphatic carbocycles. The molecule has 0 aromatic carbocycles. The Bertz CT molecular complexity index is 708. The van der Waals surface area contributed by atoms with E-state index in [4.69, 9.17) is 25.7 Å². The average molecular weight is 459 g/mol. The molecular formula is C20H34N4O8. The molecule has 12 nitrogen and oxygen atoms in total. The van der Waals surface area contributed by atoms with Crippen molar-refractivity contribution in [3.05, 3.63) is 11.8 Å². The highest BCUT2D eigenvalue weighted by molar-refractivity contribution is 5.85. The molecule has 1 amide bonds. The van der Waals surface area contributed by atoms with Gasteiger partial charge in [0.05, 0.1) is 12.1 Å². The molecule has 0 bridgehead atoms. The normalized spacial score (nSPS) is 22.0. The SMILES string of the molecule is CCCCCCC(=O)OC[C@@H](O)[C@@H](OC)[C@@H]1OC(C(=O)O)=C[C@H](N=C(N)N)[C@H]1NC(C)=O. The fourth-order valence-electron chi connectivity index (χ4n) is 3.35. The van der Waals surface area contributed by atoms with Gasteiger partial charge in [-0.25, -0.2) is 9.79 Å². The van der Waals surface area contributed by atoms with E-state index in [0.717, 1.165) is 25.3 Å². The van der Waals surface area contributed by atoms with E-state index in [2.05, 4.69) is 17.2 Å². The number of aliphatic carboxylic acids is 1. The minimum Gasteiger partial charge on any atom is -0.478 e. The smallest absolute Gasteiger partial charge is 0.370 e. The predicted octanol–water partition coefficient (Wildman–Crippen LogP) is -0.610. The van der Waals surface area contributed by atoms with Gasteiger partial charge >= 0.3 is 11.9 Å². The second-order valence-corrected chi connectivity index (χ2v) is 7.45. The van der Waals surface area contributed by atoms with E-state index in [1.165, 1.54) is 14.0 Å². The van der Waals surface area contributed by atoms with Crippen molar-refractivity contribution >= 4 is 23.8 Å². The first-order chi connectivity index (χ1) is 15.1. The van der Waals surface area contributed by atoms with Crippen molar-refractivity contribution in [1.29, 1.82) is 0 Å². The maximum Gasteiger partial charge on any atom is 0.370 e. The van der Waals surface area contributed by atoms with Gasteiger partial charge in [-0.15, -0.1) is 0 Å². The van der Waals surface area contributed by atoms with Gasteiger partial charge in [-0.2, -0.15) is 0 Å². The van der Waals surface area contributed by atoms with E-state index in [1.54, 1.807) is 0 Å². The van der Waals surface area contributed by atoms with Gasteiger partial charge in [-0.05, 0) is 12.5 Å². The molecule has 12 heteroatoms. The second-order valence-electron chi connectivity index (χ2n) is 7.45. The van der Waals surface area contributed by atoms with Gasteiger partial charge in [0.15, 0.2) is 12.1 Å². The van der Waals surface area contributed by atoms with E-state index < -0.39 is 60.6 Å². The molecule has 1 rings (SSSR count). The first-order valence-electron chi connectivity index (χ1n) is 10.4. The number of nitrogens with one attached hydrogen (secondary N) is 1. The van der Waals surface area contributed by atoms with E-state index in [9.17, 15) is 24.6 Å². The number of hydrogen-bond donors (Lipinski definition) is 5. The predicted molar refractivity (Wildman–Crippen MR) is 114 cm³/mol. The molecule has 0 saturated heterocycles. The van der Waals surface area contributed by atoms with Gasteiger partial charge in [-0.3, -0.25) is 9.59 Å². The molecule has 0 saturated carbocycles. The Balaban J connectivity index is 3.01. The summed E-state index contributed by atoms with van der Waals surface area (Å²) in [5.74, 6) is -3.14. The number of nitrogens with zero attached hydrogens (tertiary/aromatic N) is 1. The Labute approximate surface area is 187 Å². The van der Waals surface area contributed by atoms with E-state index in [1.807, 2.05) is 0 Å². The van der Waals surface area contributed by atoms with Crippen LogP contribution in [0.4, 0.5) is 0 Å². The molecular weight excluding hydrogens is 424 g/mol. The zero-order valence-corrected chi connectivity index (χ0v) is 18.7. The highest BCUT2D eigenvalue weighted by Gasteiger charge is 2.45. The number of ether oxygens (including phenoxy) is 3. The first kappa shape index (κ1) is 27.2. The number of carboxylic acids is 1. The van der Waals surface area contributed by atoms with Gasteiger partial charge in [0.25, 0.3) is 0 Å². The lowest BCUT2D eigenvalue weighted by Gasteiger charge is -2.40. The van der Waals surface area contributed by atoms with Crippen molar-refractivity contribution in [3.8, 4) is 0 Å². The van der Waals surface area contributed by atoms with Crippen molar-refractivity contribution in [3.63, 3.8) is 0 Å². The number of rotatable bonds is 13. The third kappa shape index (κ3) is 8.71. The Kier molecular flexibility index (Phi) is 11.5. The van der Waals surface area contributed by atoms with Crippen LogP contribution in [0, 0.1) is 0 Å². The fraction of sp³-hybridized carbons (Fsp3) is 0.700. The summed E-state index contributed by atoms with van der Waals surface area (Å²) in [5, 5.41) is 22.6. The van der Waals surface area contributed by atoms with Crippen molar-refractivity contribution < 1.29 is 38.8 Å². The van der Waals surface area contributed by atoms with Gasteiger partial charge in [0.1, 0.15) is 18.8 Å². The molecule has 0 radical (unpaired) electrons. The maximum absolute atomic E-state index is 11.9. The number of carbonyl (C=O) groups excluding carboxylic acids is 2. The Morgan fingerprint density at radius 1 is 1.28 bits per heavy atom. The number of guanidine groups is 1. The third-order valence-corrected chi connectivity index (χ3v) is 4.81. The molecule has 0 fully saturated rings. The molecule has 182 valence electrons. The summed E-state index contributed by atoms with van der Waals surface area (Å²) in [6, 6.07) is -1.97. The summed E-state index contributed by atoms with van der Waals surface area (Å²) >= 11 is 0. The summed E-state index contributed by atoms with van der Waals surface area (Å²) in [7, 11) is 1.27. The number of hydrogen-bond acceptors (Lipinski definition) is 8. The average Bonchev–Trinajstić information content (AvgIpc) is 2.71. The number of carboxylic acid groups (broad SMARTS) is 1. The molecule has 5 atom stereocenters. The van der Waals surface area contributed by atoms with Crippen LogP contribution < -0.4 is 16.8 Å². The molecule has 0 spiro atoms. The molecule has 32 heavy (non-hydrogen) atoms. The highest BCUT2D eigenvalue weighted by Crippen LogP contribution is 2.26. The van der Waals surface area contributed by atoms with Crippen LogP contribution in [0.1, 0.15) is 46.0 Å². The number of amides is 1. The topological polar surface area (TPSA) is 196 Å². The minimum absolute atomic E-state index is 0.220. The minimum atomic E-state index is -1.39. The molecule has 0 unspecified atom stereocenters. The number of unbranched alkanes of at least 4 members (excludes halogenated alkanes) is 3. The number of aliphatic hydroxyl groups is 1. The third-order valence-electron chi connectivity index (χ3n) is 4.81. The lowest BCUT2D eigenvalue weighted by atomic mass is 9.92. The summed E-state index contributed by atoms with van der Waals surface area (Å²) in [6.07, 6.45) is 1.24. The zero-order valence-electron chi connectivity index (χ0n) is 18.7. The lowest BCUT2D eigenvalue weighted by Crippen LogP contribution is -2.60. The summed E-state index contributed by atoms with van der Waals surface area (Å²) < 4.78 is 16.0. The summed E-state index contributed by atoms with van der Waals surface area (Å²) in [4.78, 5) is 39.2. The number of carbonyl (C=O) groups is 3. The van der Waals surface area contributed by atoms with Gasteiger partial charge < -0.3 is 41.2 Å². The molecule has 0 aromatic rings. The molecule has 7 N–H and O–H groups in total. The summed E-state index contributed by atoms with van der Waals surface area (Å²) in [6.45, 7) is 2.90. The lowest BCUT2D eigenvalue weighted by molar-refractivity contribution is -0.159. The van der Waals surface area contributed by atoms with E-state index in [0.29, 0.717) is 6.42 Å². The van der Waals surface area contributed by atoms with Gasteiger partial charge in [0.2, 0.25) is 11.7 Å². The van der Waals surface area contributed by atoms with Crippen LogP contribution in [0.5, 0.6) is 0 Å². The number of nitrogens with two attached hydrogens (primary N) is 2. The number of aliphatic imine (C=N–C) groups is 1. The standard InChI is InChI=1S/C20H34N4O8/c1-4-5-6-7-8-15(27)31-10-13(26)17(30-3)18-16(23-11(2)25)12(24-20(21)22)9-14(32-18)19(28)29/h9,12-13,16-18,26H,4-8,10H2,1-3H3,(H,23,25)(H,28,29)(H4,21,22,24)/t12-,13+,16+,17+,18+/m0/s1. The number of aliphatic hydroxyl groups excluding tert-OH is 1. The van der Waals surface area contributed by atoms with Crippen LogP contribution in [-0.4, -0.2) is 78.1 Å². The quantitative estimate of drug-likeness (QED) is 0.103. The Morgan fingerprint density at radius 2 is 1.97 bits per heavy atom. The van der Waals surface area contributed by atoms with E-state index >= 15 is 0 Å². The largest absolute Gasteiger partial charge is 0.478 e. The zero-order chi connectivity index (χ0) is 24.3. The van der Waals surface area contributed by atoms with Crippen molar-refractivity contribution in [2.45, 2.75) is 76.3 Å². The molecule has 1 heterocycles. The van der Waals surface area contributed by atoms with Crippen LogP contribution in [-0.2, 0) is 28.6 Å². The van der Waals surface area contributed by atoms with Crippen molar-refractivity contribution in [1.82, 2.24) is 5.32 Å². The Hall–Kier alpha value is -2.86. The van der Waals surface area contributed by atoms with Crippen LogP contribution in [0.15, 0.2) is 16.8 Å². The van der Waals surface area contributed by atoms with Crippen molar-refractivity contribution in [2.75, 3.05) is 13.7 Å². The van der Waals surface area contributed by atoms with Crippen molar-refractivity contribution in [2.24, 2.45) is 16.5 Å². The number of esters is 1. The Morgan fingerprint density at radius 3 is 2.50 bits per heavy atom. The highest BCUT2D eigenvalue weighted by atomic mass is 16.6. The summed E-state index contributed by atoms with van der Waals surface area (Å²) in [5.41, 5.74) is 10.9. The second kappa shape index (κ2) is 13.5. The van der Waals surface area contributed by atoms with Crippen LogP contribution in [0.25, 0.3) is 0 Å². The van der Waals surface area contributed by atoms with Gasteiger partial charge in [0, 0.05) is 20.5 Å². The molecule has 0 aromatic heterocycles. The van der Waals surface area contributed by atoms with Crippen LogP contribution in [0.3, 0.4) is 0 Å². The first-order valence-corrected chi connectivity index (χ1v) is 10.4. The van der Waals surface area contributed by atoms with Crippen LogP contribution in [0.2, 0.25) is 0 Å².